The van der Waals surface area contributed by atoms with Crippen LogP contribution in [-0.4, -0.2) is 7.05 Å². The first-order valence-corrected chi connectivity index (χ1v) is 6.77. The molecule has 0 aromatic heterocycles. The zero-order valence-corrected chi connectivity index (χ0v) is 12.1. The van der Waals surface area contributed by atoms with Crippen LogP contribution in [0.5, 0.6) is 0 Å². The van der Waals surface area contributed by atoms with Crippen molar-refractivity contribution in [3.63, 3.8) is 0 Å². The molecule has 0 heterocycles. The van der Waals surface area contributed by atoms with E-state index in [2.05, 4.69) is 55.3 Å². The molecule has 0 fully saturated rings. The average Bonchev–Trinajstić information content (AvgIpc) is 2.46. The van der Waals surface area contributed by atoms with Crippen LogP contribution in [0.3, 0.4) is 0 Å². The van der Waals surface area contributed by atoms with Gasteiger partial charge in [0.05, 0.1) is 6.04 Å². The molecule has 100 valence electrons. The molecule has 2 rings (SSSR count). The Hall–Kier alpha value is -1.51. The zero-order chi connectivity index (χ0) is 13.8. The van der Waals surface area contributed by atoms with Gasteiger partial charge in [0.1, 0.15) is 0 Å². The normalized spacial score (nSPS) is 12.2. The molecule has 3 heteroatoms. The van der Waals surface area contributed by atoms with E-state index in [1.165, 1.54) is 11.3 Å². The summed E-state index contributed by atoms with van der Waals surface area (Å²) in [6, 6.07) is 16.6. The Bertz CT molecular complexity index is 519. The van der Waals surface area contributed by atoms with Crippen LogP contribution >= 0.6 is 11.6 Å². The molecule has 0 radical (unpaired) electrons. The molecular formula is C16H19ClN2. The van der Waals surface area contributed by atoms with E-state index < -0.39 is 0 Å². The number of nitrogens with two attached hydrogens (primary N) is 1. The second-order valence-electron chi connectivity index (χ2n) is 4.71. The number of hydrogen-bond donors (Lipinski definition) is 1. The van der Waals surface area contributed by atoms with Crippen molar-refractivity contribution in [3.05, 3.63) is 64.7 Å². The van der Waals surface area contributed by atoms with Crippen LogP contribution in [0.1, 0.15) is 24.1 Å². The summed E-state index contributed by atoms with van der Waals surface area (Å²) in [5.74, 6) is 0. The Morgan fingerprint density at radius 1 is 1.05 bits per heavy atom. The maximum Gasteiger partial charge on any atom is 0.0511 e. The molecule has 0 aliphatic heterocycles. The number of anilines is 1. The standard InChI is InChI=1S/C16H19ClN2/c1-12(14-5-7-15(17)8-6-14)19(2)16-9-3-13(11-18)4-10-16/h3-10,12H,11,18H2,1-2H3. The Morgan fingerprint density at radius 3 is 2.16 bits per heavy atom. The lowest BCUT2D eigenvalue weighted by molar-refractivity contribution is 0.739. The van der Waals surface area contributed by atoms with Gasteiger partial charge in [0, 0.05) is 24.3 Å². The first-order valence-electron chi connectivity index (χ1n) is 6.39. The van der Waals surface area contributed by atoms with Crippen LogP contribution in [0.15, 0.2) is 48.5 Å². The van der Waals surface area contributed by atoms with E-state index >= 15 is 0 Å². The lowest BCUT2D eigenvalue weighted by atomic mass is 10.1. The summed E-state index contributed by atoms with van der Waals surface area (Å²) >= 11 is 5.92. The van der Waals surface area contributed by atoms with Crippen molar-refractivity contribution in [2.24, 2.45) is 5.73 Å². The summed E-state index contributed by atoms with van der Waals surface area (Å²) in [6.45, 7) is 2.76. The fourth-order valence-corrected chi connectivity index (χ4v) is 2.18. The Balaban J connectivity index is 2.17. The van der Waals surface area contributed by atoms with Crippen LogP contribution in [-0.2, 0) is 6.54 Å². The molecule has 2 N–H and O–H groups in total. The van der Waals surface area contributed by atoms with Crippen LogP contribution in [0.4, 0.5) is 5.69 Å². The monoisotopic (exact) mass is 274 g/mol. The molecule has 0 amide bonds. The van der Waals surface area contributed by atoms with E-state index in [4.69, 9.17) is 17.3 Å². The third-order valence-corrected chi connectivity index (χ3v) is 3.76. The summed E-state index contributed by atoms with van der Waals surface area (Å²) in [5.41, 5.74) is 9.19. The van der Waals surface area contributed by atoms with Crippen molar-refractivity contribution in [3.8, 4) is 0 Å². The Kier molecular flexibility index (Phi) is 4.46. The molecule has 0 bridgehead atoms. The minimum Gasteiger partial charge on any atom is -0.368 e. The smallest absolute Gasteiger partial charge is 0.0511 e. The summed E-state index contributed by atoms with van der Waals surface area (Å²) in [7, 11) is 2.09. The molecule has 1 unspecified atom stereocenters. The predicted octanol–water partition coefficient (Wildman–Crippen LogP) is 4.00. The van der Waals surface area contributed by atoms with Crippen LogP contribution in [0.25, 0.3) is 0 Å². The maximum absolute atomic E-state index is 5.92. The first kappa shape index (κ1) is 13.9. The van der Waals surface area contributed by atoms with Crippen molar-refractivity contribution in [1.82, 2.24) is 0 Å². The molecule has 0 saturated carbocycles. The minimum absolute atomic E-state index is 0.293. The highest BCUT2D eigenvalue weighted by Gasteiger charge is 2.12. The van der Waals surface area contributed by atoms with Gasteiger partial charge in [-0.15, -0.1) is 0 Å². The molecule has 0 aliphatic rings. The van der Waals surface area contributed by atoms with Gasteiger partial charge in [-0.2, -0.15) is 0 Å². The molecule has 19 heavy (non-hydrogen) atoms. The number of halogens is 1. The SMILES string of the molecule is CC(c1ccc(Cl)cc1)N(C)c1ccc(CN)cc1. The van der Waals surface area contributed by atoms with E-state index in [0.717, 1.165) is 10.6 Å². The van der Waals surface area contributed by atoms with Crippen molar-refractivity contribution in [2.45, 2.75) is 19.5 Å². The van der Waals surface area contributed by atoms with E-state index in [9.17, 15) is 0 Å². The van der Waals surface area contributed by atoms with Gasteiger partial charge in [-0.05, 0) is 42.3 Å². The average molecular weight is 275 g/mol. The van der Waals surface area contributed by atoms with Crippen molar-refractivity contribution in [2.75, 3.05) is 11.9 Å². The summed E-state index contributed by atoms with van der Waals surface area (Å²) in [4.78, 5) is 2.24. The highest BCUT2D eigenvalue weighted by molar-refractivity contribution is 6.30. The van der Waals surface area contributed by atoms with E-state index in [-0.39, 0.29) is 0 Å². The summed E-state index contributed by atoms with van der Waals surface area (Å²) in [6.07, 6.45) is 0. The van der Waals surface area contributed by atoms with Crippen molar-refractivity contribution < 1.29 is 0 Å². The Labute approximate surface area is 119 Å². The number of nitrogens with zero attached hydrogens (tertiary/aromatic N) is 1. The molecule has 1 atom stereocenters. The van der Waals surface area contributed by atoms with Crippen molar-refractivity contribution >= 4 is 17.3 Å². The van der Waals surface area contributed by atoms with Gasteiger partial charge in [-0.25, -0.2) is 0 Å². The highest BCUT2D eigenvalue weighted by Crippen LogP contribution is 2.26. The number of rotatable bonds is 4. The third-order valence-electron chi connectivity index (χ3n) is 3.51. The minimum atomic E-state index is 0.293. The lowest BCUT2D eigenvalue weighted by Gasteiger charge is -2.27. The molecule has 2 aromatic rings. The van der Waals surface area contributed by atoms with Gasteiger partial charge in [0.25, 0.3) is 0 Å². The maximum atomic E-state index is 5.92. The molecule has 0 spiro atoms. The van der Waals surface area contributed by atoms with Gasteiger partial charge < -0.3 is 10.6 Å². The topological polar surface area (TPSA) is 29.3 Å². The lowest BCUT2D eigenvalue weighted by Crippen LogP contribution is -2.21. The number of benzene rings is 2. The zero-order valence-electron chi connectivity index (χ0n) is 11.3. The molecule has 2 aromatic carbocycles. The molecular weight excluding hydrogens is 256 g/mol. The van der Waals surface area contributed by atoms with Gasteiger partial charge in [0.2, 0.25) is 0 Å². The summed E-state index contributed by atoms with van der Waals surface area (Å²) < 4.78 is 0. The summed E-state index contributed by atoms with van der Waals surface area (Å²) in [5, 5.41) is 0.769. The molecule has 0 saturated heterocycles. The van der Waals surface area contributed by atoms with Crippen molar-refractivity contribution in [1.29, 1.82) is 0 Å². The van der Waals surface area contributed by atoms with E-state index in [1.807, 2.05) is 12.1 Å². The van der Waals surface area contributed by atoms with E-state index in [0.29, 0.717) is 12.6 Å². The molecule has 2 nitrogen and oxygen atoms in total. The third kappa shape index (κ3) is 3.28. The quantitative estimate of drug-likeness (QED) is 0.913. The van der Waals surface area contributed by atoms with Gasteiger partial charge in [-0.3, -0.25) is 0 Å². The van der Waals surface area contributed by atoms with Crippen LogP contribution in [0, 0.1) is 0 Å². The van der Waals surface area contributed by atoms with Gasteiger partial charge in [0.15, 0.2) is 0 Å². The fourth-order valence-electron chi connectivity index (χ4n) is 2.06. The number of hydrogen-bond acceptors (Lipinski definition) is 2. The second kappa shape index (κ2) is 6.09. The first-order chi connectivity index (χ1) is 9.11. The van der Waals surface area contributed by atoms with Gasteiger partial charge in [-0.1, -0.05) is 35.9 Å². The van der Waals surface area contributed by atoms with Crippen LogP contribution < -0.4 is 10.6 Å². The molecule has 0 aliphatic carbocycles. The highest BCUT2D eigenvalue weighted by atomic mass is 35.5. The van der Waals surface area contributed by atoms with E-state index in [1.54, 1.807) is 0 Å². The second-order valence-corrected chi connectivity index (χ2v) is 5.15. The fraction of sp³-hybridized carbons (Fsp3) is 0.250. The van der Waals surface area contributed by atoms with Gasteiger partial charge >= 0.3 is 0 Å². The predicted molar refractivity (Wildman–Crippen MR) is 82.6 cm³/mol. The van der Waals surface area contributed by atoms with Crippen LogP contribution in [0.2, 0.25) is 5.02 Å². The Morgan fingerprint density at radius 2 is 1.63 bits per heavy atom. The largest absolute Gasteiger partial charge is 0.368 e.